The highest BCUT2D eigenvalue weighted by Crippen LogP contribution is 1.99. The molecule has 1 rings (SSSR count). The van der Waals surface area contributed by atoms with Crippen LogP contribution in [0.25, 0.3) is 6.08 Å². The second-order valence-electron chi connectivity index (χ2n) is 3.56. The lowest BCUT2D eigenvalue weighted by atomic mass is 10.2. The first kappa shape index (κ1) is 13.5. The smallest absolute Gasteiger partial charge is 0.222 e. The molecule has 1 N–H and O–H groups in total. The maximum atomic E-state index is 11.3. The number of hydrogen-bond donors (Lipinski definition) is 1. The first-order chi connectivity index (χ1) is 8.33. The Morgan fingerprint density at radius 1 is 1.35 bits per heavy atom. The molecule has 0 aliphatic rings. The van der Waals surface area contributed by atoms with Gasteiger partial charge in [-0.15, -0.1) is 0 Å². The van der Waals surface area contributed by atoms with Crippen molar-refractivity contribution >= 4 is 12.0 Å². The molecule has 0 bridgehead atoms. The van der Waals surface area contributed by atoms with Crippen LogP contribution in [0.2, 0.25) is 0 Å². The van der Waals surface area contributed by atoms with E-state index in [4.69, 9.17) is 4.74 Å². The lowest BCUT2D eigenvalue weighted by Crippen LogP contribution is -2.24. The van der Waals surface area contributed by atoms with Crippen molar-refractivity contribution in [2.45, 2.75) is 13.3 Å². The summed E-state index contributed by atoms with van der Waals surface area (Å²) in [5.41, 5.74) is 1.14. The second-order valence-corrected chi connectivity index (χ2v) is 3.56. The van der Waals surface area contributed by atoms with Gasteiger partial charge in [0.2, 0.25) is 5.91 Å². The Bertz CT molecular complexity index is 346. The molecule has 3 nitrogen and oxygen atoms in total. The number of nitrogens with one attached hydrogen (secondary N) is 1. The summed E-state index contributed by atoms with van der Waals surface area (Å²) in [6, 6.07) is 9.99. The van der Waals surface area contributed by atoms with Crippen LogP contribution in [0.4, 0.5) is 0 Å². The van der Waals surface area contributed by atoms with Crippen LogP contribution >= 0.6 is 0 Å². The van der Waals surface area contributed by atoms with E-state index in [0.717, 1.165) is 5.56 Å². The molecule has 0 heterocycles. The van der Waals surface area contributed by atoms with E-state index in [-0.39, 0.29) is 5.91 Å². The maximum Gasteiger partial charge on any atom is 0.222 e. The Balaban J connectivity index is 2.15. The minimum Gasteiger partial charge on any atom is -0.381 e. The number of ether oxygens (including phenoxy) is 1. The van der Waals surface area contributed by atoms with Crippen molar-refractivity contribution in [1.29, 1.82) is 0 Å². The average Bonchev–Trinajstić information content (AvgIpc) is 2.36. The molecule has 17 heavy (non-hydrogen) atoms. The van der Waals surface area contributed by atoms with Crippen molar-refractivity contribution in [1.82, 2.24) is 5.32 Å². The standard InChI is InChI=1S/C14H19NO2/c1-2-17-12-10-14(16)15-11-6-9-13-7-4-3-5-8-13/h3-9H,2,10-12H2,1H3,(H,15,16)/b9-6-. The van der Waals surface area contributed by atoms with Gasteiger partial charge in [-0.2, -0.15) is 0 Å². The number of benzene rings is 1. The highest BCUT2D eigenvalue weighted by Gasteiger charge is 1.97. The molecule has 0 spiro atoms. The molecule has 0 fully saturated rings. The van der Waals surface area contributed by atoms with E-state index >= 15 is 0 Å². The molecule has 0 saturated carbocycles. The summed E-state index contributed by atoms with van der Waals surface area (Å²) in [5, 5.41) is 2.81. The van der Waals surface area contributed by atoms with Crippen LogP contribution in [0.15, 0.2) is 36.4 Å². The zero-order valence-electron chi connectivity index (χ0n) is 10.2. The van der Waals surface area contributed by atoms with E-state index in [9.17, 15) is 4.79 Å². The van der Waals surface area contributed by atoms with Crippen LogP contribution in [-0.2, 0) is 9.53 Å². The average molecular weight is 233 g/mol. The highest BCUT2D eigenvalue weighted by atomic mass is 16.5. The molecule has 0 aliphatic carbocycles. The van der Waals surface area contributed by atoms with Crippen molar-refractivity contribution in [2.24, 2.45) is 0 Å². The monoisotopic (exact) mass is 233 g/mol. The van der Waals surface area contributed by atoms with Crippen molar-refractivity contribution in [3.8, 4) is 0 Å². The molecule has 92 valence electrons. The summed E-state index contributed by atoms with van der Waals surface area (Å²) in [6.07, 6.45) is 4.35. The molecular weight excluding hydrogens is 214 g/mol. The summed E-state index contributed by atoms with van der Waals surface area (Å²) in [6.45, 7) is 3.62. The summed E-state index contributed by atoms with van der Waals surface area (Å²) in [7, 11) is 0. The molecule has 0 atom stereocenters. The SMILES string of the molecule is CCOCCC(=O)NC/C=C\c1ccccc1. The van der Waals surface area contributed by atoms with E-state index in [2.05, 4.69) is 5.32 Å². The van der Waals surface area contributed by atoms with Gasteiger partial charge < -0.3 is 10.1 Å². The molecule has 1 aromatic carbocycles. The molecular formula is C14H19NO2. The molecule has 0 aromatic heterocycles. The fraction of sp³-hybridized carbons (Fsp3) is 0.357. The zero-order valence-corrected chi connectivity index (χ0v) is 10.2. The normalized spacial score (nSPS) is 10.6. The molecule has 1 aromatic rings. The molecule has 0 unspecified atom stereocenters. The fourth-order valence-corrected chi connectivity index (χ4v) is 1.33. The van der Waals surface area contributed by atoms with E-state index < -0.39 is 0 Å². The number of hydrogen-bond acceptors (Lipinski definition) is 2. The zero-order chi connectivity index (χ0) is 12.3. The van der Waals surface area contributed by atoms with Crippen LogP contribution in [0.3, 0.4) is 0 Å². The fourth-order valence-electron chi connectivity index (χ4n) is 1.33. The predicted molar refractivity (Wildman–Crippen MR) is 69.6 cm³/mol. The molecule has 0 radical (unpaired) electrons. The first-order valence-corrected chi connectivity index (χ1v) is 5.89. The topological polar surface area (TPSA) is 38.3 Å². The van der Waals surface area contributed by atoms with Crippen molar-refractivity contribution in [2.75, 3.05) is 19.8 Å². The highest BCUT2D eigenvalue weighted by molar-refractivity contribution is 5.76. The number of carbonyl (C=O) groups is 1. The lowest BCUT2D eigenvalue weighted by molar-refractivity contribution is -0.121. The predicted octanol–water partition coefficient (Wildman–Crippen LogP) is 2.24. The second kappa shape index (κ2) is 8.53. The quantitative estimate of drug-likeness (QED) is 0.733. The Hall–Kier alpha value is -1.61. The summed E-state index contributed by atoms with van der Waals surface area (Å²) < 4.78 is 5.10. The first-order valence-electron chi connectivity index (χ1n) is 5.89. The third-order valence-corrected chi connectivity index (χ3v) is 2.20. The van der Waals surface area contributed by atoms with Gasteiger partial charge in [0.05, 0.1) is 6.61 Å². The molecule has 3 heteroatoms. The largest absolute Gasteiger partial charge is 0.381 e. The van der Waals surface area contributed by atoms with Gasteiger partial charge in [0.15, 0.2) is 0 Å². The van der Waals surface area contributed by atoms with Gasteiger partial charge in [0.25, 0.3) is 0 Å². The van der Waals surface area contributed by atoms with Gasteiger partial charge in [-0.25, -0.2) is 0 Å². The summed E-state index contributed by atoms with van der Waals surface area (Å²) in [5.74, 6) is 0.0242. The summed E-state index contributed by atoms with van der Waals surface area (Å²) >= 11 is 0. The minimum absolute atomic E-state index is 0.0242. The summed E-state index contributed by atoms with van der Waals surface area (Å²) in [4.78, 5) is 11.3. The van der Waals surface area contributed by atoms with Gasteiger partial charge in [0, 0.05) is 19.6 Å². The van der Waals surface area contributed by atoms with Crippen LogP contribution in [0.5, 0.6) is 0 Å². The number of carbonyl (C=O) groups excluding carboxylic acids is 1. The van der Waals surface area contributed by atoms with E-state index in [1.807, 2.05) is 49.4 Å². The van der Waals surface area contributed by atoms with E-state index in [0.29, 0.717) is 26.2 Å². The number of rotatable bonds is 7. The van der Waals surface area contributed by atoms with Crippen molar-refractivity contribution < 1.29 is 9.53 Å². The van der Waals surface area contributed by atoms with Gasteiger partial charge >= 0.3 is 0 Å². The Labute approximate surface area is 102 Å². The van der Waals surface area contributed by atoms with Crippen LogP contribution in [0, 0.1) is 0 Å². The van der Waals surface area contributed by atoms with Crippen LogP contribution < -0.4 is 5.32 Å². The Morgan fingerprint density at radius 3 is 2.82 bits per heavy atom. The van der Waals surface area contributed by atoms with E-state index in [1.54, 1.807) is 0 Å². The minimum atomic E-state index is 0.0242. The van der Waals surface area contributed by atoms with E-state index in [1.165, 1.54) is 0 Å². The van der Waals surface area contributed by atoms with Gasteiger partial charge in [-0.1, -0.05) is 42.5 Å². The number of amides is 1. The van der Waals surface area contributed by atoms with Gasteiger partial charge in [-0.3, -0.25) is 4.79 Å². The third-order valence-electron chi connectivity index (χ3n) is 2.20. The molecule has 0 aliphatic heterocycles. The molecule has 0 saturated heterocycles. The van der Waals surface area contributed by atoms with Crippen molar-refractivity contribution in [3.63, 3.8) is 0 Å². The molecule has 1 amide bonds. The van der Waals surface area contributed by atoms with Gasteiger partial charge in [-0.05, 0) is 12.5 Å². The Morgan fingerprint density at radius 2 is 2.12 bits per heavy atom. The van der Waals surface area contributed by atoms with Crippen LogP contribution in [-0.4, -0.2) is 25.7 Å². The van der Waals surface area contributed by atoms with Gasteiger partial charge in [0.1, 0.15) is 0 Å². The van der Waals surface area contributed by atoms with Crippen molar-refractivity contribution in [3.05, 3.63) is 42.0 Å². The third kappa shape index (κ3) is 6.53. The Kier molecular flexibility index (Phi) is 6.75. The lowest BCUT2D eigenvalue weighted by Gasteiger charge is -2.02. The van der Waals surface area contributed by atoms with Crippen LogP contribution in [0.1, 0.15) is 18.9 Å². The maximum absolute atomic E-state index is 11.3.